The summed E-state index contributed by atoms with van der Waals surface area (Å²) in [4.78, 5) is 26.8. The zero-order valence-electron chi connectivity index (χ0n) is 14.5. The molecule has 25 heavy (non-hydrogen) atoms. The molecule has 1 amide bonds. The molecule has 1 unspecified atom stereocenters. The molecule has 1 aliphatic heterocycles. The Hall–Kier alpha value is -2.70. The molecule has 0 radical (unpaired) electrons. The molecule has 3 heterocycles. The molecule has 2 aromatic rings. The molecule has 132 valence electrons. The molecule has 1 atom stereocenters. The quantitative estimate of drug-likeness (QED) is 0.830. The van der Waals surface area contributed by atoms with Gasteiger partial charge in [0.25, 0.3) is 5.91 Å². The van der Waals surface area contributed by atoms with E-state index in [1.807, 2.05) is 13.8 Å². The van der Waals surface area contributed by atoms with Gasteiger partial charge < -0.3 is 14.4 Å². The molecule has 0 aliphatic carbocycles. The summed E-state index contributed by atoms with van der Waals surface area (Å²) in [5.41, 5.74) is 0.549. The lowest BCUT2D eigenvalue weighted by Crippen LogP contribution is -2.44. The number of aromatic nitrogens is 3. The molecule has 1 saturated heterocycles. The summed E-state index contributed by atoms with van der Waals surface area (Å²) in [7, 11) is 0. The topological polar surface area (TPSA) is 77.4 Å². The molecular weight excluding hydrogens is 320 g/mol. The van der Waals surface area contributed by atoms with Crippen molar-refractivity contribution < 1.29 is 14.3 Å². The van der Waals surface area contributed by atoms with Crippen LogP contribution in [-0.4, -0.2) is 51.1 Å². The summed E-state index contributed by atoms with van der Waals surface area (Å²) in [6.45, 7) is 5.09. The van der Waals surface area contributed by atoms with Gasteiger partial charge in [-0.1, -0.05) is 0 Å². The molecule has 3 rings (SSSR count). The molecule has 0 bridgehead atoms. The maximum Gasteiger partial charge on any atom is 0.316 e. The first-order valence-corrected chi connectivity index (χ1v) is 8.47. The molecule has 1 fully saturated rings. The molecule has 7 nitrogen and oxygen atoms in total. The number of pyridine rings is 1. The van der Waals surface area contributed by atoms with Crippen LogP contribution >= 0.6 is 0 Å². The average Bonchev–Trinajstić information content (AvgIpc) is 2.62. The predicted molar refractivity (Wildman–Crippen MR) is 91.6 cm³/mol. The van der Waals surface area contributed by atoms with E-state index >= 15 is 0 Å². The van der Waals surface area contributed by atoms with Gasteiger partial charge in [-0.3, -0.25) is 4.79 Å². The lowest BCUT2D eigenvalue weighted by molar-refractivity contribution is 0.0515. The molecule has 0 aromatic carbocycles. The van der Waals surface area contributed by atoms with Gasteiger partial charge in [-0.15, -0.1) is 0 Å². The summed E-state index contributed by atoms with van der Waals surface area (Å²) in [5, 5.41) is 0. The number of piperidine rings is 1. The van der Waals surface area contributed by atoms with Crippen molar-refractivity contribution in [1.82, 2.24) is 19.9 Å². The van der Waals surface area contributed by atoms with Crippen molar-refractivity contribution in [2.45, 2.75) is 38.9 Å². The van der Waals surface area contributed by atoms with E-state index in [1.165, 1.54) is 0 Å². The van der Waals surface area contributed by atoms with E-state index < -0.39 is 0 Å². The van der Waals surface area contributed by atoms with E-state index in [0.29, 0.717) is 30.5 Å². The van der Waals surface area contributed by atoms with Crippen molar-refractivity contribution in [2.24, 2.45) is 0 Å². The maximum absolute atomic E-state index is 12.7. The van der Waals surface area contributed by atoms with Crippen LogP contribution in [0, 0.1) is 0 Å². The number of amides is 1. The minimum Gasteiger partial charge on any atom is -0.475 e. The number of carbonyl (C=O) groups is 1. The fraction of sp³-hybridized carbons (Fsp3) is 0.444. The standard InChI is InChI=1S/C18H22N4O3/c1-13(2)24-16-7-6-14(11-21-16)17(23)22-10-3-5-15(12-22)25-18-19-8-4-9-20-18/h4,6-9,11,13,15H,3,5,10,12H2,1-2H3. The van der Waals surface area contributed by atoms with Crippen molar-refractivity contribution in [1.29, 1.82) is 0 Å². The minimum absolute atomic E-state index is 0.0501. The summed E-state index contributed by atoms with van der Waals surface area (Å²) in [5.74, 6) is 0.471. The van der Waals surface area contributed by atoms with Crippen LogP contribution < -0.4 is 9.47 Å². The lowest BCUT2D eigenvalue weighted by Gasteiger charge is -2.32. The van der Waals surface area contributed by atoms with Crippen molar-refractivity contribution in [2.75, 3.05) is 13.1 Å². The Bertz CT molecular complexity index is 691. The first-order chi connectivity index (χ1) is 12.1. The highest BCUT2D eigenvalue weighted by molar-refractivity contribution is 5.94. The second-order valence-electron chi connectivity index (χ2n) is 6.22. The molecule has 0 saturated carbocycles. The first kappa shape index (κ1) is 17.1. The number of rotatable bonds is 5. The maximum atomic E-state index is 12.7. The Kier molecular flexibility index (Phi) is 5.42. The highest BCUT2D eigenvalue weighted by atomic mass is 16.5. The van der Waals surface area contributed by atoms with Gasteiger partial charge in [0.1, 0.15) is 6.10 Å². The van der Waals surface area contributed by atoms with Crippen LogP contribution in [0.3, 0.4) is 0 Å². The Balaban J connectivity index is 1.61. The fourth-order valence-electron chi connectivity index (χ4n) is 2.71. The van der Waals surface area contributed by atoms with Crippen LogP contribution in [0.15, 0.2) is 36.8 Å². The second-order valence-corrected chi connectivity index (χ2v) is 6.22. The summed E-state index contributed by atoms with van der Waals surface area (Å²) in [6.07, 6.45) is 6.55. The van der Waals surface area contributed by atoms with Gasteiger partial charge in [-0.25, -0.2) is 15.0 Å². The third kappa shape index (κ3) is 4.65. The lowest BCUT2D eigenvalue weighted by atomic mass is 10.1. The van der Waals surface area contributed by atoms with Gasteiger partial charge in [0.05, 0.1) is 18.2 Å². The monoisotopic (exact) mass is 342 g/mol. The van der Waals surface area contributed by atoms with Gasteiger partial charge in [0, 0.05) is 31.2 Å². The Morgan fingerprint density at radius 1 is 1.24 bits per heavy atom. The van der Waals surface area contributed by atoms with Crippen LogP contribution in [0.5, 0.6) is 11.9 Å². The van der Waals surface area contributed by atoms with E-state index in [0.717, 1.165) is 12.8 Å². The van der Waals surface area contributed by atoms with E-state index in [9.17, 15) is 4.79 Å². The highest BCUT2D eigenvalue weighted by Gasteiger charge is 2.26. The SMILES string of the molecule is CC(C)Oc1ccc(C(=O)N2CCCC(Oc3ncccn3)C2)cn1. The van der Waals surface area contributed by atoms with Crippen LogP contribution in [0.25, 0.3) is 0 Å². The number of likely N-dealkylation sites (tertiary alicyclic amines) is 1. The van der Waals surface area contributed by atoms with Crippen LogP contribution in [-0.2, 0) is 0 Å². The third-order valence-corrected chi connectivity index (χ3v) is 3.82. The number of carbonyl (C=O) groups excluding carboxylic acids is 1. The minimum atomic E-state index is -0.100. The molecular formula is C18H22N4O3. The van der Waals surface area contributed by atoms with Crippen molar-refractivity contribution in [3.05, 3.63) is 42.4 Å². The molecule has 0 N–H and O–H groups in total. The zero-order chi connectivity index (χ0) is 17.6. The molecule has 1 aliphatic rings. The van der Waals surface area contributed by atoms with Crippen LogP contribution in [0.1, 0.15) is 37.0 Å². The van der Waals surface area contributed by atoms with Gasteiger partial charge in [0.15, 0.2) is 0 Å². The van der Waals surface area contributed by atoms with E-state index in [4.69, 9.17) is 9.47 Å². The highest BCUT2D eigenvalue weighted by Crippen LogP contribution is 2.18. The van der Waals surface area contributed by atoms with Gasteiger partial charge >= 0.3 is 6.01 Å². The van der Waals surface area contributed by atoms with Crippen molar-refractivity contribution in [3.63, 3.8) is 0 Å². The predicted octanol–water partition coefficient (Wildman–Crippen LogP) is 2.34. The number of hydrogen-bond acceptors (Lipinski definition) is 6. The summed E-state index contributed by atoms with van der Waals surface area (Å²) >= 11 is 0. The number of hydrogen-bond donors (Lipinski definition) is 0. The van der Waals surface area contributed by atoms with Crippen LogP contribution in [0.2, 0.25) is 0 Å². The average molecular weight is 342 g/mol. The molecule has 7 heteroatoms. The van der Waals surface area contributed by atoms with Crippen molar-refractivity contribution >= 4 is 5.91 Å². The molecule has 2 aromatic heterocycles. The van der Waals surface area contributed by atoms with Crippen molar-refractivity contribution in [3.8, 4) is 11.9 Å². The van der Waals surface area contributed by atoms with E-state index in [2.05, 4.69) is 15.0 Å². The number of nitrogens with zero attached hydrogens (tertiary/aromatic N) is 4. The van der Waals surface area contributed by atoms with Gasteiger partial charge in [-0.2, -0.15) is 0 Å². The fourth-order valence-corrected chi connectivity index (χ4v) is 2.71. The summed E-state index contributed by atoms with van der Waals surface area (Å²) in [6, 6.07) is 5.56. The van der Waals surface area contributed by atoms with Gasteiger partial charge in [-0.05, 0) is 38.8 Å². The zero-order valence-corrected chi connectivity index (χ0v) is 14.5. The Morgan fingerprint density at radius 2 is 2.04 bits per heavy atom. The summed E-state index contributed by atoms with van der Waals surface area (Å²) < 4.78 is 11.3. The van der Waals surface area contributed by atoms with Gasteiger partial charge in [0.2, 0.25) is 5.88 Å². The third-order valence-electron chi connectivity index (χ3n) is 3.82. The molecule has 0 spiro atoms. The number of ether oxygens (including phenoxy) is 2. The van der Waals surface area contributed by atoms with E-state index in [1.54, 1.807) is 41.7 Å². The van der Waals surface area contributed by atoms with E-state index in [-0.39, 0.29) is 18.1 Å². The second kappa shape index (κ2) is 7.92. The normalized spacial score (nSPS) is 17.4. The Morgan fingerprint density at radius 3 is 2.72 bits per heavy atom. The largest absolute Gasteiger partial charge is 0.475 e. The Labute approximate surface area is 147 Å². The first-order valence-electron chi connectivity index (χ1n) is 8.47. The van der Waals surface area contributed by atoms with Crippen LogP contribution in [0.4, 0.5) is 0 Å². The smallest absolute Gasteiger partial charge is 0.316 e.